The second-order valence-electron chi connectivity index (χ2n) is 3.64. The predicted octanol–water partition coefficient (Wildman–Crippen LogP) is 2.46. The Morgan fingerprint density at radius 3 is 3.20 bits per heavy atom. The van der Waals surface area contributed by atoms with E-state index >= 15 is 0 Å². The van der Waals surface area contributed by atoms with Crippen molar-refractivity contribution < 1.29 is 0 Å². The summed E-state index contributed by atoms with van der Waals surface area (Å²) in [6.45, 7) is 1.07. The maximum atomic E-state index is 5.84. The monoisotopic (exact) mass is 243 g/mol. The van der Waals surface area contributed by atoms with Crippen molar-refractivity contribution in [1.29, 1.82) is 0 Å². The van der Waals surface area contributed by atoms with Crippen LogP contribution in [0.15, 0.2) is 12.4 Å². The van der Waals surface area contributed by atoms with Crippen molar-refractivity contribution >= 4 is 29.2 Å². The Labute approximate surface area is 99.2 Å². The van der Waals surface area contributed by atoms with Crippen LogP contribution in [0.4, 0.5) is 5.82 Å². The van der Waals surface area contributed by atoms with Crippen LogP contribution in [0.25, 0.3) is 0 Å². The molecule has 0 aliphatic carbocycles. The van der Waals surface area contributed by atoms with E-state index < -0.39 is 0 Å². The van der Waals surface area contributed by atoms with Gasteiger partial charge in [0.2, 0.25) is 0 Å². The van der Waals surface area contributed by atoms with Crippen LogP contribution in [-0.4, -0.2) is 34.6 Å². The fraction of sp³-hybridized carbons (Fsp3) is 0.600. The molecule has 1 atom stereocenters. The molecule has 82 valence electrons. The van der Waals surface area contributed by atoms with Crippen LogP contribution in [0.2, 0.25) is 5.15 Å². The van der Waals surface area contributed by atoms with E-state index in [4.69, 9.17) is 11.6 Å². The Bertz CT molecular complexity index is 334. The minimum atomic E-state index is 0.474. The smallest absolute Gasteiger partial charge is 0.149 e. The quantitative estimate of drug-likeness (QED) is 0.816. The van der Waals surface area contributed by atoms with Gasteiger partial charge in [-0.05, 0) is 19.1 Å². The molecule has 3 nitrogen and oxygen atoms in total. The molecular weight excluding hydrogens is 230 g/mol. The fourth-order valence-corrected chi connectivity index (χ4v) is 2.85. The van der Waals surface area contributed by atoms with Crippen molar-refractivity contribution in [3.63, 3.8) is 0 Å². The molecular formula is C10H14ClN3S. The first-order valence-corrected chi connectivity index (χ1v) is 6.81. The zero-order chi connectivity index (χ0) is 10.7. The van der Waals surface area contributed by atoms with Gasteiger partial charge in [-0.25, -0.2) is 4.98 Å². The standard InChI is InChI=1S/C10H14ClN3S/c1-15-7-8-3-2-4-14(8)10-6-12-5-9(11)13-10/h5-6,8H,2-4,7H2,1H3. The van der Waals surface area contributed by atoms with Crippen molar-refractivity contribution in [3.8, 4) is 0 Å². The minimum absolute atomic E-state index is 0.474. The van der Waals surface area contributed by atoms with Crippen LogP contribution in [-0.2, 0) is 0 Å². The lowest BCUT2D eigenvalue weighted by atomic mass is 10.2. The lowest BCUT2D eigenvalue weighted by molar-refractivity contribution is 0.736. The highest BCUT2D eigenvalue weighted by Crippen LogP contribution is 2.25. The van der Waals surface area contributed by atoms with Crippen molar-refractivity contribution in [1.82, 2.24) is 9.97 Å². The SMILES string of the molecule is CSCC1CCCN1c1cncc(Cl)n1. The van der Waals surface area contributed by atoms with Gasteiger partial charge < -0.3 is 4.90 Å². The molecule has 0 saturated carbocycles. The van der Waals surface area contributed by atoms with Gasteiger partial charge in [0.1, 0.15) is 11.0 Å². The van der Waals surface area contributed by atoms with Crippen molar-refractivity contribution in [2.45, 2.75) is 18.9 Å². The van der Waals surface area contributed by atoms with Crippen LogP contribution in [0.1, 0.15) is 12.8 Å². The Morgan fingerprint density at radius 2 is 2.47 bits per heavy atom. The molecule has 2 heterocycles. The van der Waals surface area contributed by atoms with E-state index in [1.165, 1.54) is 12.8 Å². The topological polar surface area (TPSA) is 29.0 Å². The largest absolute Gasteiger partial charge is 0.351 e. The normalized spacial score (nSPS) is 20.9. The summed E-state index contributed by atoms with van der Waals surface area (Å²) in [4.78, 5) is 10.7. The maximum Gasteiger partial charge on any atom is 0.149 e. The average Bonchev–Trinajstić information content (AvgIpc) is 2.66. The number of rotatable bonds is 3. The first kappa shape index (κ1) is 11.0. The van der Waals surface area contributed by atoms with Crippen LogP contribution in [0.3, 0.4) is 0 Å². The van der Waals surface area contributed by atoms with E-state index in [-0.39, 0.29) is 0 Å². The molecule has 1 saturated heterocycles. The average molecular weight is 244 g/mol. The first-order valence-electron chi connectivity index (χ1n) is 5.04. The summed E-state index contributed by atoms with van der Waals surface area (Å²) < 4.78 is 0. The molecule has 0 radical (unpaired) electrons. The number of halogens is 1. The minimum Gasteiger partial charge on any atom is -0.351 e. The lowest BCUT2D eigenvalue weighted by Gasteiger charge is -2.24. The molecule has 1 aromatic rings. The van der Waals surface area contributed by atoms with Crippen LogP contribution < -0.4 is 4.90 Å². The Hall–Kier alpha value is -0.480. The lowest BCUT2D eigenvalue weighted by Crippen LogP contribution is -2.31. The highest BCUT2D eigenvalue weighted by molar-refractivity contribution is 7.98. The van der Waals surface area contributed by atoms with Crippen molar-refractivity contribution in [3.05, 3.63) is 17.5 Å². The third-order valence-corrected chi connectivity index (χ3v) is 3.52. The molecule has 1 unspecified atom stereocenters. The van der Waals surface area contributed by atoms with Gasteiger partial charge in [0, 0.05) is 18.3 Å². The van der Waals surface area contributed by atoms with Crippen LogP contribution in [0, 0.1) is 0 Å². The second kappa shape index (κ2) is 5.03. The summed E-state index contributed by atoms with van der Waals surface area (Å²) in [7, 11) is 0. The van der Waals surface area contributed by atoms with Gasteiger partial charge in [-0.1, -0.05) is 11.6 Å². The third-order valence-electron chi connectivity index (χ3n) is 2.62. The van der Waals surface area contributed by atoms with E-state index in [1.807, 2.05) is 11.8 Å². The Morgan fingerprint density at radius 1 is 1.60 bits per heavy atom. The van der Waals surface area contributed by atoms with Crippen LogP contribution in [0.5, 0.6) is 0 Å². The Kier molecular flexibility index (Phi) is 3.70. The molecule has 1 aliphatic heterocycles. The molecule has 0 bridgehead atoms. The summed E-state index contributed by atoms with van der Waals surface area (Å²) in [6.07, 6.45) is 7.99. The highest BCUT2D eigenvalue weighted by Gasteiger charge is 2.25. The molecule has 0 N–H and O–H groups in total. The molecule has 1 aliphatic rings. The molecule has 0 spiro atoms. The predicted molar refractivity (Wildman–Crippen MR) is 65.8 cm³/mol. The number of thioether (sulfide) groups is 1. The zero-order valence-corrected chi connectivity index (χ0v) is 10.3. The van der Waals surface area contributed by atoms with Crippen LogP contribution >= 0.6 is 23.4 Å². The van der Waals surface area contributed by atoms with E-state index in [2.05, 4.69) is 21.1 Å². The number of hydrogen-bond acceptors (Lipinski definition) is 4. The van der Waals surface area contributed by atoms with Gasteiger partial charge in [-0.15, -0.1) is 0 Å². The summed E-state index contributed by atoms with van der Waals surface area (Å²) in [6, 6.07) is 0.591. The third kappa shape index (κ3) is 2.55. The first-order chi connectivity index (χ1) is 7.31. The van der Waals surface area contributed by atoms with Gasteiger partial charge in [-0.3, -0.25) is 4.98 Å². The van der Waals surface area contributed by atoms with E-state index in [1.54, 1.807) is 12.4 Å². The maximum absolute atomic E-state index is 5.84. The van der Waals surface area contributed by atoms with E-state index in [9.17, 15) is 0 Å². The summed E-state index contributed by atoms with van der Waals surface area (Å²) in [5, 5.41) is 0.474. The molecule has 0 amide bonds. The molecule has 1 fully saturated rings. The van der Waals surface area contributed by atoms with Gasteiger partial charge >= 0.3 is 0 Å². The van der Waals surface area contributed by atoms with E-state index in [0.29, 0.717) is 11.2 Å². The van der Waals surface area contributed by atoms with Gasteiger partial charge in [-0.2, -0.15) is 11.8 Å². The Balaban J connectivity index is 2.15. The number of nitrogens with zero attached hydrogens (tertiary/aromatic N) is 3. The summed E-state index contributed by atoms with van der Waals surface area (Å²) in [5.74, 6) is 2.06. The molecule has 1 aromatic heterocycles. The molecule has 0 aromatic carbocycles. The molecule has 2 rings (SSSR count). The second-order valence-corrected chi connectivity index (χ2v) is 4.94. The van der Waals surface area contributed by atoms with Crippen molar-refractivity contribution in [2.75, 3.05) is 23.5 Å². The molecule has 15 heavy (non-hydrogen) atoms. The highest BCUT2D eigenvalue weighted by atomic mass is 35.5. The number of aromatic nitrogens is 2. The fourth-order valence-electron chi connectivity index (χ4n) is 1.97. The number of hydrogen-bond donors (Lipinski definition) is 0. The van der Waals surface area contributed by atoms with Gasteiger partial charge in [0.25, 0.3) is 0 Å². The number of anilines is 1. The zero-order valence-electron chi connectivity index (χ0n) is 8.69. The van der Waals surface area contributed by atoms with Gasteiger partial charge in [0.15, 0.2) is 0 Å². The van der Waals surface area contributed by atoms with Crippen molar-refractivity contribution in [2.24, 2.45) is 0 Å². The van der Waals surface area contributed by atoms with Gasteiger partial charge in [0.05, 0.1) is 12.4 Å². The molecule has 5 heteroatoms. The summed E-state index contributed by atoms with van der Waals surface area (Å²) in [5.41, 5.74) is 0. The summed E-state index contributed by atoms with van der Waals surface area (Å²) >= 11 is 7.72. The van der Waals surface area contributed by atoms with E-state index in [0.717, 1.165) is 18.1 Å².